The second-order valence-corrected chi connectivity index (χ2v) is 7.45. The molecule has 8 heteroatoms. The van der Waals surface area contributed by atoms with Crippen LogP contribution >= 0.6 is 0 Å². The zero-order chi connectivity index (χ0) is 16.8. The summed E-state index contributed by atoms with van der Waals surface area (Å²) in [6.07, 6.45) is 7.00. The summed E-state index contributed by atoms with van der Waals surface area (Å²) in [6, 6.07) is 9.61. The number of hydrogen-bond donors (Lipinski definition) is 1. The van der Waals surface area contributed by atoms with Crippen LogP contribution in [0.25, 0.3) is 5.78 Å². The van der Waals surface area contributed by atoms with Crippen molar-refractivity contribution < 1.29 is 8.42 Å². The molecule has 1 aromatic carbocycles. The number of fused-ring (bicyclic) bond motifs is 1. The van der Waals surface area contributed by atoms with E-state index >= 15 is 0 Å². The average Bonchev–Trinajstić information content (AvgIpc) is 3.06. The third-order valence-corrected chi connectivity index (χ3v) is 5.04. The number of rotatable bonds is 8. The molecule has 0 spiro atoms. The largest absolute Gasteiger partial charge is 0.252 e. The topological polar surface area (TPSA) is 89.2 Å². The van der Waals surface area contributed by atoms with Crippen molar-refractivity contribution in [1.29, 1.82) is 0 Å². The van der Waals surface area contributed by atoms with Crippen molar-refractivity contribution in [1.82, 2.24) is 24.3 Å². The predicted octanol–water partition coefficient (Wildman–Crippen LogP) is 1.22. The maximum atomic E-state index is 12.0. The maximum absolute atomic E-state index is 12.0. The van der Waals surface area contributed by atoms with Gasteiger partial charge in [-0.25, -0.2) is 22.6 Å². The number of nitrogens with zero attached hydrogens (tertiary/aromatic N) is 4. The van der Waals surface area contributed by atoms with Gasteiger partial charge in [0.1, 0.15) is 6.33 Å². The highest BCUT2D eigenvalue weighted by atomic mass is 32.2. The van der Waals surface area contributed by atoms with Crippen LogP contribution in [0.5, 0.6) is 0 Å². The van der Waals surface area contributed by atoms with Gasteiger partial charge in [0.15, 0.2) is 0 Å². The van der Waals surface area contributed by atoms with Crippen LogP contribution in [0.1, 0.15) is 17.5 Å². The van der Waals surface area contributed by atoms with E-state index in [1.807, 2.05) is 36.5 Å². The van der Waals surface area contributed by atoms with E-state index in [9.17, 15) is 8.42 Å². The van der Waals surface area contributed by atoms with Crippen LogP contribution in [-0.2, 0) is 22.9 Å². The predicted molar refractivity (Wildman–Crippen MR) is 91.0 cm³/mol. The molecule has 0 amide bonds. The summed E-state index contributed by atoms with van der Waals surface area (Å²) in [5, 5.41) is 4.03. The maximum Gasteiger partial charge on any atom is 0.252 e. The Morgan fingerprint density at radius 2 is 1.88 bits per heavy atom. The van der Waals surface area contributed by atoms with E-state index in [0.29, 0.717) is 25.2 Å². The van der Waals surface area contributed by atoms with Gasteiger partial charge in [-0.1, -0.05) is 30.3 Å². The number of sulfonamides is 1. The first-order chi connectivity index (χ1) is 11.6. The fourth-order valence-electron chi connectivity index (χ4n) is 2.38. The van der Waals surface area contributed by atoms with Crippen LogP contribution in [-0.4, -0.2) is 40.3 Å². The molecular weight excluding hydrogens is 326 g/mol. The van der Waals surface area contributed by atoms with Crippen molar-refractivity contribution in [3.05, 3.63) is 60.2 Å². The highest BCUT2D eigenvalue weighted by molar-refractivity contribution is 7.89. The Bertz CT molecular complexity index is 893. The summed E-state index contributed by atoms with van der Waals surface area (Å²) >= 11 is 0. The van der Waals surface area contributed by atoms with Crippen molar-refractivity contribution >= 4 is 15.8 Å². The Hall–Kier alpha value is -2.32. The molecule has 0 fully saturated rings. The van der Waals surface area contributed by atoms with Crippen LogP contribution < -0.4 is 4.72 Å². The van der Waals surface area contributed by atoms with E-state index in [1.165, 1.54) is 6.33 Å². The highest BCUT2D eigenvalue weighted by Crippen LogP contribution is 2.04. The van der Waals surface area contributed by atoms with Gasteiger partial charge in [-0.3, -0.25) is 0 Å². The molecule has 0 saturated heterocycles. The molecule has 7 nitrogen and oxygen atoms in total. The van der Waals surface area contributed by atoms with Crippen LogP contribution in [0, 0.1) is 0 Å². The summed E-state index contributed by atoms with van der Waals surface area (Å²) in [5.41, 5.74) is 2.02. The molecule has 2 heterocycles. The molecular formula is C16H19N5O2S. The van der Waals surface area contributed by atoms with Gasteiger partial charge in [0.2, 0.25) is 10.0 Å². The molecule has 3 aromatic rings. The van der Waals surface area contributed by atoms with Crippen LogP contribution in [0.3, 0.4) is 0 Å². The lowest BCUT2D eigenvalue weighted by Gasteiger charge is -2.07. The molecule has 0 atom stereocenters. The minimum Gasteiger partial charge on any atom is -0.219 e. The molecule has 0 unspecified atom stereocenters. The fourth-order valence-corrected chi connectivity index (χ4v) is 3.48. The zero-order valence-electron chi connectivity index (χ0n) is 13.2. The minimum atomic E-state index is -3.25. The Morgan fingerprint density at radius 1 is 1.04 bits per heavy atom. The molecule has 24 heavy (non-hydrogen) atoms. The lowest BCUT2D eigenvalue weighted by Crippen LogP contribution is -2.28. The Balaban J connectivity index is 1.43. The van der Waals surface area contributed by atoms with Crippen LogP contribution in [0.4, 0.5) is 0 Å². The van der Waals surface area contributed by atoms with Crippen molar-refractivity contribution in [2.24, 2.45) is 0 Å². The molecule has 0 aliphatic heterocycles. The molecule has 0 bridgehead atoms. The highest BCUT2D eigenvalue weighted by Gasteiger charge is 2.09. The molecule has 0 aliphatic carbocycles. The first-order valence-corrected chi connectivity index (χ1v) is 9.43. The second-order valence-electron chi connectivity index (χ2n) is 5.52. The monoisotopic (exact) mass is 345 g/mol. The smallest absolute Gasteiger partial charge is 0.219 e. The summed E-state index contributed by atoms with van der Waals surface area (Å²) < 4.78 is 28.3. The number of benzene rings is 1. The van der Waals surface area contributed by atoms with Gasteiger partial charge in [0.25, 0.3) is 5.78 Å². The van der Waals surface area contributed by atoms with Crippen LogP contribution in [0.2, 0.25) is 0 Å². The second kappa shape index (κ2) is 7.50. The third-order valence-electron chi connectivity index (χ3n) is 3.65. The van der Waals surface area contributed by atoms with Gasteiger partial charge in [-0.15, -0.1) is 0 Å². The molecule has 1 N–H and O–H groups in total. The zero-order valence-corrected chi connectivity index (χ0v) is 14.0. The summed E-state index contributed by atoms with van der Waals surface area (Å²) in [7, 11) is -3.25. The standard InChI is InChI=1S/C16H19N5O2S/c22-24(23,10-8-14-5-2-1-3-6-14)20-9-4-7-15-11-17-16-18-13-19-21(16)12-15/h1-3,5-6,11-13,20H,4,7-10H2. The van der Waals surface area contributed by atoms with E-state index in [1.54, 1.807) is 10.7 Å². The molecule has 2 aromatic heterocycles. The van der Waals surface area contributed by atoms with Gasteiger partial charge in [0, 0.05) is 18.9 Å². The fraction of sp³-hybridized carbons (Fsp3) is 0.312. The van der Waals surface area contributed by atoms with Crippen molar-refractivity contribution in [3.8, 4) is 0 Å². The van der Waals surface area contributed by atoms with Gasteiger partial charge < -0.3 is 0 Å². The number of aromatic nitrogens is 4. The molecule has 0 radical (unpaired) electrons. The summed E-state index contributed by atoms with van der Waals surface area (Å²) in [4.78, 5) is 8.17. The Morgan fingerprint density at radius 3 is 2.71 bits per heavy atom. The molecule has 3 rings (SSSR count). The number of nitrogens with one attached hydrogen (secondary N) is 1. The first kappa shape index (κ1) is 16.5. The third kappa shape index (κ3) is 4.59. The Kier molecular flexibility index (Phi) is 5.17. The minimum absolute atomic E-state index is 0.101. The van der Waals surface area contributed by atoms with E-state index < -0.39 is 10.0 Å². The number of aryl methyl sites for hydroxylation is 2. The van der Waals surface area contributed by atoms with Gasteiger partial charge in [-0.2, -0.15) is 10.1 Å². The van der Waals surface area contributed by atoms with Gasteiger partial charge in [0.05, 0.1) is 5.75 Å². The van der Waals surface area contributed by atoms with E-state index in [0.717, 1.165) is 17.5 Å². The van der Waals surface area contributed by atoms with Gasteiger partial charge >= 0.3 is 0 Å². The lowest BCUT2D eigenvalue weighted by atomic mass is 10.2. The quantitative estimate of drug-likeness (QED) is 0.620. The normalized spacial score (nSPS) is 11.8. The van der Waals surface area contributed by atoms with Gasteiger partial charge in [-0.05, 0) is 30.4 Å². The van der Waals surface area contributed by atoms with Crippen molar-refractivity contribution in [3.63, 3.8) is 0 Å². The average molecular weight is 345 g/mol. The van der Waals surface area contributed by atoms with Crippen molar-refractivity contribution in [2.45, 2.75) is 19.3 Å². The summed E-state index contributed by atoms with van der Waals surface area (Å²) in [6.45, 7) is 0.409. The molecule has 126 valence electrons. The van der Waals surface area contributed by atoms with E-state index in [4.69, 9.17) is 0 Å². The van der Waals surface area contributed by atoms with E-state index in [2.05, 4.69) is 19.8 Å². The number of hydrogen-bond acceptors (Lipinski definition) is 5. The lowest BCUT2D eigenvalue weighted by molar-refractivity contribution is 0.578. The SMILES string of the molecule is O=S(=O)(CCc1ccccc1)NCCCc1cnc2ncnn2c1. The summed E-state index contributed by atoms with van der Waals surface area (Å²) in [5.74, 6) is 0.657. The molecule has 0 saturated carbocycles. The Labute approximate surface area is 140 Å². The van der Waals surface area contributed by atoms with Crippen molar-refractivity contribution in [2.75, 3.05) is 12.3 Å². The van der Waals surface area contributed by atoms with Crippen LogP contribution in [0.15, 0.2) is 49.1 Å². The molecule has 0 aliphatic rings. The van der Waals surface area contributed by atoms with E-state index in [-0.39, 0.29) is 5.75 Å². The first-order valence-electron chi connectivity index (χ1n) is 7.78.